The Kier molecular flexibility index (Phi) is 5.42. The molecular formula is C23H24N4O2. The second-order valence-electron chi connectivity index (χ2n) is 7.33. The van der Waals surface area contributed by atoms with Crippen LogP contribution in [-0.2, 0) is 18.4 Å². The molecule has 1 aromatic heterocycles. The molecule has 2 amide bonds. The molecule has 0 aliphatic carbocycles. The van der Waals surface area contributed by atoms with E-state index in [4.69, 9.17) is 0 Å². The Morgan fingerprint density at radius 2 is 1.90 bits per heavy atom. The zero-order chi connectivity index (χ0) is 20.2. The van der Waals surface area contributed by atoms with Crippen molar-refractivity contribution < 1.29 is 9.59 Å². The van der Waals surface area contributed by atoms with Crippen molar-refractivity contribution in [3.05, 3.63) is 89.5 Å². The van der Waals surface area contributed by atoms with Gasteiger partial charge in [-0.05, 0) is 29.7 Å². The molecule has 1 unspecified atom stereocenters. The number of carbonyl (C=O) groups is 2. The summed E-state index contributed by atoms with van der Waals surface area (Å²) in [5.74, 6) is 0.812. The molecule has 6 nitrogen and oxygen atoms in total. The maximum absolute atomic E-state index is 12.9. The Labute approximate surface area is 170 Å². The molecule has 29 heavy (non-hydrogen) atoms. The first-order valence-electron chi connectivity index (χ1n) is 9.81. The van der Waals surface area contributed by atoms with Gasteiger partial charge in [0, 0.05) is 44.5 Å². The van der Waals surface area contributed by atoms with Gasteiger partial charge in [-0.3, -0.25) is 9.59 Å². The number of nitrogens with one attached hydrogen (secondary N) is 1. The Balaban J connectivity index is 1.50. The van der Waals surface area contributed by atoms with Crippen molar-refractivity contribution in [1.29, 1.82) is 0 Å². The van der Waals surface area contributed by atoms with Crippen molar-refractivity contribution in [1.82, 2.24) is 19.8 Å². The monoisotopic (exact) mass is 388 g/mol. The van der Waals surface area contributed by atoms with Crippen LogP contribution in [0.2, 0.25) is 0 Å². The summed E-state index contributed by atoms with van der Waals surface area (Å²) in [6.07, 6.45) is 5.15. The molecule has 1 aliphatic heterocycles. The molecule has 2 aromatic carbocycles. The van der Waals surface area contributed by atoms with Crippen LogP contribution in [0.4, 0.5) is 0 Å². The molecule has 3 aromatic rings. The van der Waals surface area contributed by atoms with Crippen LogP contribution < -0.4 is 5.32 Å². The Morgan fingerprint density at radius 3 is 2.52 bits per heavy atom. The van der Waals surface area contributed by atoms with E-state index in [1.807, 2.05) is 77.3 Å². The summed E-state index contributed by atoms with van der Waals surface area (Å²) in [4.78, 5) is 31.0. The molecule has 0 bridgehead atoms. The van der Waals surface area contributed by atoms with Gasteiger partial charge in [0.25, 0.3) is 5.91 Å². The molecule has 0 radical (unpaired) electrons. The van der Waals surface area contributed by atoms with Gasteiger partial charge in [0.15, 0.2) is 0 Å². The lowest BCUT2D eigenvalue weighted by Gasteiger charge is -2.19. The van der Waals surface area contributed by atoms with E-state index in [0.717, 1.165) is 29.9 Å². The average Bonchev–Trinajstić information content (AvgIpc) is 3.35. The number of amides is 2. The number of rotatable bonds is 6. The fourth-order valence-electron chi connectivity index (χ4n) is 3.67. The van der Waals surface area contributed by atoms with E-state index in [1.54, 1.807) is 6.20 Å². The zero-order valence-corrected chi connectivity index (χ0v) is 16.4. The van der Waals surface area contributed by atoms with Crippen LogP contribution in [0.25, 0.3) is 0 Å². The predicted molar refractivity (Wildman–Crippen MR) is 110 cm³/mol. The van der Waals surface area contributed by atoms with Gasteiger partial charge < -0.3 is 14.8 Å². The smallest absolute Gasteiger partial charge is 0.252 e. The molecule has 0 spiro atoms. The molecule has 148 valence electrons. The minimum Gasteiger partial charge on any atom is -0.338 e. The highest BCUT2D eigenvalue weighted by atomic mass is 16.2. The molecule has 2 heterocycles. The molecule has 0 saturated carbocycles. The van der Waals surface area contributed by atoms with Crippen LogP contribution in [0.1, 0.15) is 46.2 Å². The second kappa shape index (κ2) is 8.31. The van der Waals surface area contributed by atoms with E-state index in [-0.39, 0.29) is 17.9 Å². The number of carbonyl (C=O) groups excluding carboxylic acids is 2. The van der Waals surface area contributed by atoms with Crippen molar-refractivity contribution in [2.24, 2.45) is 7.05 Å². The number of aromatic nitrogens is 2. The van der Waals surface area contributed by atoms with Crippen molar-refractivity contribution in [3.63, 3.8) is 0 Å². The Hall–Kier alpha value is -3.41. The number of imidazole rings is 1. The highest BCUT2D eigenvalue weighted by Gasteiger charge is 2.22. The lowest BCUT2D eigenvalue weighted by atomic mass is 10.0. The van der Waals surface area contributed by atoms with Gasteiger partial charge in [-0.2, -0.15) is 0 Å². The number of likely N-dealkylation sites (tertiary alicyclic amines) is 1. The number of benzene rings is 2. The summed E-state index contributed by atoms with van der Waals surface area (Å²) >= 11 is 0. The van der Waals surface area contributed by atoms with Gasteiger partial charge in [0.1, 0.15) is 11.9 Å². The maximum atomic E-state index is 12.9. The van der Waals surface area contributed by atoms with Gasteiger partial charge >= 0.3 is 0 Å². The maximum Gasteiger partial charge on any atom is 0.252 e. The number of hydrogen-bond donors (Lipinski definition) is 1. The van der Waals surface area contributed by atoms with Crippen molar-refractivity contribution in [3.8, 4) is 0 Å². The van der Waals surface area contributed by atoms with Crippen LogP contribution in [-0.4, -0.2) is 32.8 Å². The summed E-state index contributed by atoms with van der Waals surface area (Å²) < 4.78 is 1.91. The first-order valence-corrected chi connectivity index (χ1v) is 9.81. The van der Waals surface area contributed by atoms with E-state index < -0.39 is 0 Å². The summed E-state index contributed by atoms with van der Waals surface area (Å²) in [5.41, 5.74) is 2.58. The molecule has 1 aliphatic rings. The highest BCUT2D eigenvalue weighted by molar-refractivity contribution is 5.94. The summed E-state index contributed by atoms with van der Waals surface area (Å²) in [5, 5.41) is 3.11. The number of nitrogens with zero attached hydrogens (tertiary/aromatic N) is 3. The number of hydrogen-bond acceptors (Lipinski definition) is 3. The third-order valence-corrected chi connectivity index (χ3v) is 5.29. The minimum atomic E-state index is -0.342. The standard InChI is InChI=1S/C23H24N4O2/c1-26-15-13-24-22(26)21(18-6-3-2-4-7-18)25-23(29)19-11-9-17(10-12-19)16-27-14-5-8-20(27)28/h2-4,6-7,9-13,15,21H,5,8,14,16H2,1H3,(H,25,29). The first-order chi connectivity index (χ1) is 14.1. The van der Waals surface area contributed by atoms with Crippen LogP contribution in [0.3, 0.4) is 0 Å². The van der Waals surface area contributed by atoms with Crippen molar-refractivity contribution >= 4 is 11.8 Å². The van der Waals surface area contributed by atoms with E-state index in [9.17, 15) is 9.59 Å². The van der Waals surface area contributed by atoms with E-state index in [1.165, 1.54) is 0 Å². The molecule has 1 saturated heterocycles. The predicted octanol–water partition coefficient (Wildman–Crippen LogP) is 3.06. The van der Waals surface area contributed by atoms with E-state index in [0.29, 0.717) is 18.5 Å². The van der Waals surface area contributed by atoms with Crippen LogP contribution in [0, 0.1) is 0 Å². The van der Waals surface area contributed by atoms with Gasteiger partial charge in [-0.15, -0.1) is 0 Å². The molecule has 6 heteroatoms. The molecular weight excluding hydrogens is 364 g/mol. The Bertz CT molecular complexity index is 995. The lowest BCUT2D eigenvalue weighted by molar-refractivity contribution is -0.128. The van der Waals surface area contributed by atoms with Crippen LogP contribution in [0.5, 0.6) is 0 Å². The third kappa shape index (κ3) is 4.21. The lowest BCUT2D eigenvalue weighted by Crippen LogP contribution is -2.31. The van der Waals surface area contributed by atoms with Crippen molar-refractivity contribution in [2.45, 2.75) is 25.4 Å². The molecule has 1 atom stereocenters. The molecule has 1 fully saturated rings. The average molecular weight is 388 g/mol. The Morgan fingerprint density at radius 1 is 1.14 bits per heavy atom. The molecule has 1 N–H and O–H groups in total. The van der Waals surface area contributed by atoms with Gasteiger partial charge in [-0.1, -0.05) is 42.5 Å². The third-order valence-electron chi connectivity index (χ3n) is 5.29. The van der Waals surface area contributed by atoms with Gasteiger partial charge in [-0.25, -0.2) is 4.98 Å². The van der Waals surface area contributed by atoms with Crippen LogP contribution in [0.15, 0.2) is 67.0 Å². The second-order valence-corrected chi connectivity index (χ2v) is 7.33. The minimum absolute atomic E-state index is 0.161. The highest BCUT2D eigenvalue weighted by Crippen LogP contribution is 2.21. The van der Waals surface area contributed by atoms with Gasteiger partial charge in [0.05, 0.1) is 0 Å². The normalized spacial score (nSPS) is 14.8. The fraction of sp³-hybridized carbons (Fsp3) is 0.261. The summed E-state index contributed by atoms with van der Waals surface area (Å²) in [6.45, 7) is 1.41. The van der Waals surface area contributed by atoms with Crippen LogP contribution >= 0.6 is 0 Å². The topological polar surface area (TPSA) is 67.2 Å². The zero-order valence-electron chi connectivity index (χ0n) is 16.4. The molecule has 4 rings (SSSR count). The summed E-state index contributed by atoms with van der Waals surface area (Å²) in [6, 6.07) is 16.9. The fourth-order valence-corrected chi connectivity index (χ4v) is 3.67. The van der Waals surface area contributed by atoms with Crippen molar-refractivity contribution in [2.75, 3.05) is 6.54 Å². The quantitative estimate of drug-likeness (QED) is 0.706. The van der Waals surface area contributed by atoms with Gasteiger partial charge in [0.2, 0.25) is 5.91 Å². The van der Waals surface area contributed by atoms with E-state index >= 15 is 0 Å². The van der Waals surface area contributed by atoms with E-state index in [2.05, 4.69) is 10.3 Å². The summed E-state index contributed by atoms with van der Waals surface area (Å²) in [7, 11) is 1.92. The number of aryl methyl sites for hydroxylation is 1. The largest absolute Gasteiger partial charge is 0.338 e. The first kappa shape index (κ1) is 18.9. The SMILES string of the molecule is Cn1ccnc1C(NC(=O)c1ccc(CN2CCCC2=O)cc1)c1ccccc1.